The lowest BCUT2D eigenvalue weighted by Gasteiger charge is -2.21. The van der Waals surface area contributed by atoms with Gasteiger partial charge in [0.05, 0.1) is 29.1 Å². The maximum Gasteiger partial charge on any atom is 0.339 e. The predicted octanol–water partition coefficient (Wildman–Crippen LogP) is 2.98. The van der Waals surface area contributed by atoms with Crippen LogP contribution in [0, 0.1) is 12.8 Å². The number of nitrogens with one attached hydrogen (secondary N) is 1. The van der Waals surface area contributed by atoms with Crippen LogP contribution < -0.4 is 5.32 Å². The van der Waals surface area contributed by atoms with E-state index < -0.39 is 5.97 Å². The summed E-state index contributed by atoms with van der Waals surface area (Å²) in [5, 5.41) is 3.93. The number of amides is 1. The normalized spacial score (nSPS) is 16.5. The molecular weight excluding hydrogens is 312 g/mol. The molecule has 5 nitrogen and oxygen atoms in total. The molecule has 1 aromatic heterocycles. The number of aromatic nitrogens is 1. The second-order valence-electron chi connectivity index (χ2n) is 5.57. The molecule has 1 amide bonds. The number of fused-ring (bicyclic) bond motifs is 1. The fourth-order valence-corrected chi connectivity index (χ4v) is 3.91. The van der Waals surface area contributed by atoms with Crippen LogP contribution in [-0.2, 0) is 22.4 Å². The Hall–Kier alpha value is -2.21. The number of para-hydroxylation sites is 1. The van der Waals surface area contributed by atoms with Gasteiger partial charge in [0, 0.05) is 10.8 Å². The summed E-state index contributed by atoms with van der Waals surface area (Å²) < 4.78 is 4.76. The SMILES string of the molecule is COC(=O)c1ccccc1NC(=O)C1CCc2nc(C)sc2C1. The number of carbonyl (C=O) groups is 2. The number of carbonyl (C=O) groups excluding carboxylic acids is 2. The Morgan fingerprint density at radius 3 is 2.91 bits per heavy atom. The van der Waals surface area contributed by atoms with Crippen LogP contribution in [-0.4, -0.2) is 24.0 Å². The van der Waals surface area contributed by atoms with Crippen LogP contribution in [0.25, 0.3) is 0 Å². The van der Waals surface area contributed by atoms with Gasteiger partial charge < -0.3 is 10.1 Å². The van der Waals surface area contributed by atoms with Crippen molar-refractivity contribution in [3.05, 3.63) is 45.4 Å². The van der Waals surface area contributed by atoms with Gasteiger partial charge in [0.15, 0.2) is 0 Å². The lowest BCUT2D eigenvalue weighted by atomic mass is 9.90. The molecule has 120 valence electrons. The van der Waals surface area contributed by atoms with E-state index in [4.69, 9.17) is 4.74 Å². The average molecular weight is 330 g/mol. The van der Waals surface area contributed by atoms with Gasteiger partial charge in [-0.25, -0.2) is 9.78 Å². The van der Waals surface area contributed by atoms with Crippen LogP contribution >= 0.6 is 11.3 Å². The Morgan fingerprint density at radius 2 is 2.13 bits per heavy atom. The van der Waals surface area contributed by atoms with Crippen molar-refractivity contribution in [3.8, 4) is 0 Å². The van der Waals surface area contributed by atoms with E-state index in [-0.39, 0.29) is 11.8 Å². The van der Waals surface area contributed by atoms with E-state index in [2.05, 4.69) is 10.3 Å². The molecule has 23 heavy (non-hydrogen) atoms. The summed E-state index contributed by atoms with van der Waals surface area (Å²) >= 11 is 1.66. The molecule has 0 aliphatic heterocycles. The fraction of sp³-hybridized carbons (Fsp3) is 0.353. The zero-order chi connectivity index (χ0) is 16.4. The molecule has 1 heterocycles. The summed E-state index contributed by atoms with van der Waals surface area (Å²) in [4.78, 5) is 30.1. The van der Waals surface area contributed by atoms with Gasteiger partial charge in [0.25, 0.3) is 0 Å². The first-order chi connectivity index (χ1) is 11.1. The topological polar surface area (TPSA) is 68.3 Å². The highest BCUT2D eigenvalue weighted by Crippen LogP contribution is 2.30. The van der Waals surface area contributed by atoms with E-state index in [1.807, 2.05) is 6.92 Å². The Balaban J connectivity index is 1.75. The van der Waals surface area contributed by atoms with E-state index in [0.717, 1.165) is 23.5 Å². The summed E-state index contributed by atoms with van der Waals surface area (Å²) in [6.07, 6.45) is 2.33. The number of nitrogens with zero attached hydrogens (tertiary/aromatic N) is 1. The van der Waals surface area contributed by atoms with E-state index in [0.29, 0.717) is 17.7 Å². The Bertz CT molecular complexity index is 754. The minimum absolute atomic E-state index is 0.0574. The molecule has 1 N–H and O–H groups in total. The highest BCUT2D eigenvalue weighted by molar-refractivity contribution is 7.11. The number of hydrogen-bond donors (Lipinski definition) is 1. The van der Waals surface area contributed by atoms with Crippen molar-refractivity contribution < 1.29 is 14.3 Å². The quantitative estimate of drug-likeness (QED) is 0.879. The van der Waals surface area contributed by atoms with Crippen molar-refractivity contribution in [1.29, 1.82) is 0 Å². The average Bonchev–Trinajstić information content (AvgIpc) is 2.93. The summed E-state index contributed by atoms with van der Waals surface area (Å²) in [6.45, 7) is 1.99. The third-order valence-corrected chi connectivity index (χ3v) is 5.04. The molecule has 1 unspecified atom stereocenters. The van der Waals surface area contributed by atoms with E-state index in [1.54, 1.807) is 35.6 Å². The molecule has 1 aliphatic carbocycles. The third kappa shape index (κ3) is 3.27. The van der Waals surface area contributed by atoms with Gasteiger partial charge >= 0.3 is 5.97 Å². The van der Waals surface area contributed by atoms with Gasteiger partial charge in [-0.15, -0.1) is 11.3 Å². The fourth-order valence-electron chi connectivity index (χ4n) is 2.84. The van der Waals surface area contributed by atoms with Crippen LogP contribution in [0.3, 0.4) is 0 Å². The van der Waals surface area contributed by atoms with Gasteiger partial charge in [-0.3, -0.25) is 4.79 Å². The molecule has 6 heteroatoms. The second-order valence-corrected chi connectivity index (χ2v) is 6.86. The number of rotatable bonds is 3. The van der Waals surface area contributed by atoms with Crippen LogP contribution in [0.5, 0.6) is 0 Å². The van der Waals surface area contributed by atoms with Crippen molar-refractivity contribution >= 4 is 28.9 Å². The molecular formula is C17H18N2O3S. The smallest absolute Gasteiger partial charge is 0.339 e. The van der Waals surface area contributed by atoms with Crippen LogP contribution in [0.15, 0.2) is 24.3 Å². The lowest BCUT2D eigenvalue weighted by Crippen LogP contribution is -2.28. The zero-order valence-corrected chi connectivity index (χ0v) is 13.9. The number of aryl methyl sites for hydroxylation is 2. The first kappa shape index (κ1) is 15.7. The molecule has 0 bridgehead atoms. The molecule has 0 saturated heterocycles. The largest absolute Gasteiger partial charge is 0.465 e. The van der Waals surface area contributed by atoms with E-state index in [9.17, 15) is 9.59 Å². The van der Waals surface area contributed by atoms with Crippen molar-refractivity contribution in [2.24, 2.45) is 5.92 Å². The molecule has 0 fully saturated rings. The molecule has 1 aromatic carbocycles. The van der Waals surface area contributed by atoms with Gasteiger partial charge in [-0.1, -0.05) is 12.1 Å². The molecule has 0 spiro atoms. The summed E-state index contributed by atoms with van der Waals surface area (Å²) in [5.74, 6) is -0.601. The van der Waals surface area contributed by atoms with Gasteiger partial charge in [-0.05, 0) is 38.3 Å². The first-order valence-electron chi connectivity index (χ1n) is 7.52. The number of anilines is 1. The molecule has 0 saturated carbocycles. The van der Waals surface area contributed by atoms with Crippen molar-refractivity contribution in [2.75, 3.05) is 12.4 Å². The van der Waals surface area contributed by atoms with E-state index in [1.165, 1.54) is 12.0 Å². The molecule has 1 atom stereocenters. The van der Waals surface area contributed by atoms with Gasteiger partial charge in [-0.2, -0.15) is 0 Å². The van der Waals surface area contributed by atoms with Crippen molar-refractivity contribution in [3.63, 3.8) is 0 Å². The maximum atomic E-state index is 12.6. The Kier molecular flexibility index (Phi) is 4.43. The van der Waals surface area contributed by atoms with Crippen LogP contribution in [0.1, 0.15) is 32.4 Å². The molecule has 3 rings (SSSR count). The van der Waals surface area contributed by atoms with Crippen molar-refractivity contribution in [1.82, 2.24) is 4.98 Å². The van der Waals surface area contributed by atoms with Crippen LogP contribution in [0.4, 0.5) is 5.69 Å². The summed E-state index contributed by atoms with van der Waals surface area (Å²) in [7, 11) is 1.33. The maximum absolute atomic E-state index is 12.6. The minimum atomic E-state index is -0.454. The molecule has 0 radical (unpaired) electrons. The van der Waals surface area contributed by atoms with Gasteiger partial charge in [0.1, 0.15) is 0 Å². The van der Waals surface area contributed by atoms with Crippen LogP contribution in [0.2, 0.25) is 0 Å². The number of ether oxygens (including phenoxy) is 1. The van der Waals surface area contributed by atoms with Gasteiger partial charge in [0.2, 0.25) is 5.91 Å². The number of benzene rings is 1. The first-order valence-corrected chi connectivity index (χ1v) is 8.33. The number of methoxy groups -OCH3 is 1. The highest BCUT2D eigenvalue weighted by atomic mass is 32.1. The predicted molar refractivity (Wildman–Crippen MR) is 88.8 cm³/mol. The summed E-state index contributed by atoms with van der Waals surface area (Å²) in [6, 6.07) is 6.89. The minimum Gasteiger partial charge on any atom is -0.465 e. The number of esters is 1. The third-order valence-electron chi connectivity index (χ3n) is 4.01. The summed E-state index contributed by atoms with van der Waals surface area (Å²) in [5.41, 5.74) is 2.00. The molecule has 1 aliphatic rings. The Morgan fingerprint density at radius 1 is 1.35 bits per heavy atom. The molecule has 2 aromatic rings. The van der Waals surface area contributed by atoms with Crippen molar-refractivity contribution in [2.45, 2.75) is 26.2 Å². The Labute approximate surface area is 138 Å². The number of thiazole rings is 1. The second kappa shape index (κ2) is 6.50. The number of hydrogen-bond acceptors (Lipinski definition) is 5. The monoisotopic (exact) mass is 330 g/mol. The van der Waals surface area contributed by atoms with E-state index >= 15 is 0 Å². The lowest BCUT2D eigenvalue weighted by molar-refractivity contribution is -0.120. The standard InChI is InChI=1S/C17H18N2O3S/c1-10-18-14-8-7-11(9-15(14)23-10)16(20)19-13-6-4-3-5-12(13)17(21)22-2/h3-6,11H,7-9H2,1-2H3,(H,19,20). The highest BCUT2D eigenvalue weighted by Gasteiger charge is 2.27. The zero-order valence-electron chi connectivity index (χ0n) is 13.1.